The number of hydrogen-bond donors (Lipinski definition) is 1. The number of rotatable bonds is 11. The van der Waals surface area contributed by atoms with Crippen molar-refractivity contribution >= 4 is 33.5 Å². The molecule has 8 nitrogen and oxygen atoms in total. The first-order valence-corrected chi connectivity index (χ1v) is 13.9. The minimum atomic E-state index is -0.563. The topological polar surface area (TPSA) is 110 Å². The van der Waals surface area contributed by atoms with Crippen LogP contribution < -0.4 is 14.8 Å². The van der Waals surface area contributed by atoms with Crippen LogP contribution in [0.15, 0.2) is 45.5 Å². The molecule has 0 spiro atoms. The Morgan fingerprint density at radius 1 is 1.29 bits per heavy atom. The number of nitriles is 1. The van der Waals surface area contributed by atoms with Crippen molar-refractivity contribution in [2.24, 2.45) is 16.8 Å². The molecule has 1 aromatic carbocycles. The number of Topliss-reactive ketones (excluding diaryl/α,β-unsaturated/α-hetero) is 1. The van der Waals surface area contributed by atoms with E-state index in [4.69, 9.17) is 19.2 Å². The highest BCUT2D eigenvalue weighted by molar-refractivity contribution is 9.10. The summed E-state index contributed by atoms with van der Waals surface area (Å²) in [5, 5.41) is 12.8. The Kier molecular flexibility index (Phi) is 10.5. The Balaban J connectivity index is 1.98. The Morgan fingerprint density at radius 2 is 2.05 bits per heavy atom. The number of amides is 1. The van der Waals surface area contributed by atoms with Gasteiger partial charge in [-0.3, -0.25) is 9.79 Å². The third-order valence-corrected chi connectivity index (χ3v) is 7.36. The number of carbonyl (C=O) groups excluding carboxylic acids is 2. The second-order valence-electron chi connectivity index (χ2n) is 9.47. The van der Waals surface area contributed by atoms with E-state index in [1.165, 1.54) is 0 Å². The van der Waals surface area contributed by atoms with Gasteiger partial charge < -0.3 is 19.5 Å². The molecule has 0 fully saturated rings. The van der Waals surface area contributed by atoms with E-state index < -0.39 is 24.0 Å². The summed E-state index contributed by atoms with van der Waals surface area (Å²) in [7, 11) is 0. The molecule has 1 amide bonds. The minimum Gasteiger partial charge on any atom is -0.490 e. The molecule has 204 valence electrons. The van der Waals surface area contributed by atoms with Crippen molar-refractivity contribution in [2.45, 2.75) is 65.3 Å². The number of ketones is 1. The van der Waals surface area contributed by atoms with Gasteiger partial charge in [-0.25, -0.2) is 4.79 Å². The Hall–Kier alpha value is -3.12. The van der Waals surface area contributed by atoms with Crippen molar-refractivity contribution in [3.63, 3.8) is 0 Å². The fourth-order valence-electron chi connectivity index (χ4n) is 5.11. The maximum Gasteiger partial charge on any atom is 0.407 e. The van der Waals surface area contributed by atoms with Crippen LogP contribution in [0.5, 0.6) is 11.5 Å². The number of nitrogens with one attached hydrogen (secondary N) is 1. The molecule has 0 saturated heterocycles. The van der Waals surface area contributed by atoms with Crippen LogP contribution in [0.2, 0.25) is 0 Å². The van der Waals surface area contributed by atoms with Crippen LogP contribution in [0.1, 0.15) is 64.9 Å². The fraction of sp³-hybridized carbons (Fsp3) is 0.517. The zero-order valence-corrected chi connectivity index (χ0v) is 24.1. The van der Waals surface area contributed by atoms with Gasteiger partial charge in [-0.05, 0) is 73.2 Å². The molecule has 0 radical (unpaired) electrons. The Labute approximate surface area is 233 Å². The molecule has 1 aliphatic heterocycles. The third kappa shape index (κ3) is 6.65. The zero-order chi connectivity index (χ0) is 27.8. The highest BCUT2D eigenvalue weighted by Gasteiger charge is 2.41. The number of nitrogens with zero attached hydrogens (tertiary/aromatic N) is 2. The van der Waals surface area contributed by atoms with Crippen molar-refractivity contribution in [3.8, 4) is 17.6 Å². The lowest BCUT2D eigenvalue weighted by Gasteiger charge is -2.35. The van der Waals surface area contributed by atoms with Crippen LogP contribution >= 0.6 is 15.9 Å². The number of allylic oxidation sites excluding steroid dienone is 2. The predicted molar refractivity (Wildman–Crippen MR) is 150 cm³/mol. The van der Waals surface area contributed by atoms with Crippen molar-refractivity contribution < 1.29 is 23.8 Å². The van der Waals surface area contributed by atoms with Gasteiger partial charge in [0.2, 0.25) is 0 Å². The summed E-state index contributed by atoms with van der Waals surface area (Å²) in [5.74, 6) is 0.270. The Bertz CT molecular complexity index is 1170. The van der Waals surface area contributed by atoms with E-state index >= 15 is 0 Å². The summed E-state index contributed by atoms with van der Waals surface area (Å²) >= 11 is 3.62. The molecule has 4 unspecified atom stereocenters. The van der Waals surface area contributed by atoms with E-state index in [9.17, 15) is 14.9 Å². The maximum absolute atomic E-state index is 13.4. The highest BCUT2D eigenvalue weighted by atomic mass is 79.9. The molecule has 1 heterocycles. The van der Waals surface area contributed by atoms with Gasteiger partial charge in [-0.15, -0.1) is 6.58 Å². The van der Waals surface area contributed by atoms with Crippen molar-refractivity contribution in [3.05, 3.63) is 46.1 Å². The van der Waals surface area contributed by atoms with E-state index in [-0.39, 0.29) is 24.9 Å². The molecule has 2 aliphatic rings. The summed E-state index contributed by atoms with van der Waals surface area (Å²) in [4.78, 5) is 30.0. The summed E-state index contributed by atoms with van der Waals surface area (Å²) in [5.41, 5.74) is 2.95. The first-order valence-electron chi connectivity index (χ1n) is 13.1. The summed E-state index contributed by atoms with van der Waals surface area (Å²) in [6, 6.07) is 5.62. The molecule has 1 aromatic rings. The molecular formula is C29H36BrN3O5. The number of hydrogen-bond acceptors (Lipinski definition) is 7. The average molecular weight is 587 g/mol. The highest BCUT2D eigenvalue weighted by Crippen LogP contribution is 2.48. The lowest BCUT2D eigenvalue weighted by atomic mass is 9.70. The first kappa shape index (κ1) is 29.4. The minimum absolute atomic E-state index is 0.0690. The van der Waals surface area contributed by atoms with Gasteiger partial charge in [-0.2, -0.15) is 5.26 Å². The summed E-state index contributed by atoms with van der Waals surface area (Å²) in [6.07, 6.45) is 4.23. The quantitative estimate of drug-likeness (QED) is 0.307. The molecule has 1 N–H and O–H groups in total. The van der Waals surface area contributed by atoms with Crippen LogP contribution in [-0.4, -0.2) is 43.5 Å². The molecule has 4 atom stereocenters. The predicted octanol–water partition coefficient (Wildman–Crippen LogP) is 6.26. The SMILES string of the molecule is C=CC(COc1c(Br)cc(C2C3=C(CC(CCC)CC3=O)N=C(C)C2C#N)cc1OCC)NC(=O)OCC. The van der Waals surface area contributed by atoms with Crippen LogP contribution in [0.25, 0.3) is 0 Å². The summed E-state index contributed by atoms with van der Waals surface area (Å²) < 4.78 is 17.5. The first-order chi connectivity index (χ1) is 18.3. The lowest BCUT2D eigenvalue weighted by Crippen LogP contribution is -2.38. The smallest absolute Gasteiger partial charge is 0.407 e. The van der Waals surface area contributed by atoms with Gasteiger partial charge in [0, 0.05) is 29.3 Å². The molecule has 0 aromatic heterocycles. The number of halogens is 1. The second-order valence-corrected chi connectivity index (χ2v) is 10.3. The van der Waals surface area contributed by atoms with Gasteiger partial charge in [0.1, 0.15) is 6.61 Å². The molecule has 3 rings (SSSR count). The van der Waals surface area contributed by atoms with Gasteiger partial charge in [0.15, 0.2) is 17.3 Å². The Morgan fingerprint density at radius 3 is 2.68 bits per heavy atom. The number of aliphatic imine (C=N–C) groups is 1. The van der Waals surface area contributed by atoms with E-state index in [0.717, 1.165) is 36.2 Å². The van der Waals surface area contributed by atoms with E-state index in [2.05, 4.69) is 40.8 Å². The maximum atomic E-state index is 13.4. The van der Waals surface area contributed by atoms with Crippen molar-refractivity contribution in [1.29, 1.82) is 5.26 Å². The van der Waals surface area contributed by atoms with Gasteiger partial charge in [0.05, 0.1) is 35.7 Å². The summed E-state index contributed by atoms with van der Waals surface area (Å²) in [6.45, 7) is 12.1. The zero-order valence-electron chi connectivity index (χ0n) is 22.5. The molecule has 1 aliphatic carbocycles. The third-order valence-electron chi connectivity index (χ3n) is 6.77. The van der Waals surface area contributed by atoms with Crippen molar-refractivity contribution in [1.82, 2.24) is 5.32 Å². The molecule has 0 bridgehead atoms. The number of benzene rings is 1. The van der Waals surface area contributed by atoms with E-state index in [1.54, 1.807) is 13.0 Å². The van der Waals surface area contributed by atoms with Crippen LogP contribution in [-0.2, 0) is 9.53 Å². The van der Waals surface area contributed by atoms with Crippen LogP contribution in [0, 0.1) is 23.2 Å². The second kappa shape index (κ2) is 13.6. The number of alkyl carbamates (subject to hydrolysis) is 1. The standard InChI is InChI=1S/C29H36BrN3O5/c1-6-10-18-11-23-27(24(34)12-18)26(21(15-31)17(5)32-23)19-13-22(30)28(25(14-19)36-8-3)38-16-20(7-2)33-29(35)37-9-4/h7,13-14,18,20-21,26H,2,6,8-12,16H2,1,3-5H3,(H,33,35). The molecule has 9 heteroatoms. The van der Waals surface area contributed by atoms with Crippen molar-refractivity contribution in [2.75, 3.05) is 19.8 Å². The van der Waals surface area contributed by atoms with Gasteiger partial charge in [-0.1, -0.05) is 19.4 Å². The molecule has 0 saturated carbocycles. The molecule has 38 heavy (non-hydrogen) atoms. The van der Waals surface area contributed by atoms with Gasteiger partial charge in [0.25, 0.3) is 0 Å². The lowest BCUT2D eigenvalue weighted by molar-refractivity contribution is -0.117. The van der Waals surface area contributed by atoms with Crippen LogP contribution in [0.3, 0.4) is 0 Å². The van der Waals surface area contributed by atoms with E-state index in [0.29, 0.717) is 34.6 Å². The van der Waals surface area contributed by atoms with E-state index in [1.807, 2.05) is 26.0 Å². The largest absolute Gasteiger partial charge is 0.490 e. The normalized spacial score (nSPS) is 21.5. The molecular weight excluding hydrogens is 550 g/mol. The average Bonchev–Trinajstić information content (AvgIpc) is 2.87. The number of carbonyl (C=O) groups is 2. The fourth-order valence-corrected chi connectivity index (χ4v) is 5.69. The number of ether oxygens (including phenoxy) is 3. The van der Waals surface area contributed by atoms with Gasteiger partial charge >= 0.3 is 6.09 Å². The monoisotopic (exact) mass is 585 g/mol. The van der Waals surface area contributed by atoms with Crippen LogP contribution in [0.4, 0.5) is 4.79 Å².